The van der Waals surface area contributed by atoms with Gasteiger partial charge in [0.15, 0.2) is 0 Å². The summed E-state index contributed by atoms with van der Waals surface area (Å²) >= 11 is 0. The average Bonchev–Trinajstić information content (AvgIpc) is 3.33. The van der Waals surface area contributed by atoms with Crippen molar-refractivity contribution in [1.29, 1.82) is 0 Å². The first kappa shape index (κ1) is 70.7. The normalized spacial score (nSPS) is 10.3. The summed E-state index contributed by atoms with van der Waals surface area (Å²) in [6.45, 7) is 10.8. The zero-order valence-electron chi connectivity index (χ0n) is 40.8. The van der Waals surface area contributed by atoms with Crippen LogP contribution in [-0.4, -0.2) is 92.5 Å². The molecule has 0 spiro atoms. The van der Waals surface area contributed by atoms with E-state index >= 15 is 0 Å². The van der Waals surface area contributed by atoms with Gasteiger partial charge in [-0.15, -0.1) is 20.5 Å². The minimum atomic E-state index is -4.94. The molecule has 74 heavy (non-hydrogen) atoms. The number of benzene rings is 2. The third kappa shape index (κ3) is 28.3. The van der Waals surface area contributed by atoms with Crippen molar-refractivity contribution < 1.29 is 131 Å². The number of pyridine rings is 4. The van der Waals surface area contributed by atoms with E-state index in [1.54, 1.807) is 24.3 Å². The summed E-state index contributed by atoms with van der Waals surface area (Å²) in [5, 5.41) is 36.8. The summed E-state index contributed by atoms with van der Waals surface area (Å²) < 4.78 is 67.9. The van der Waals surface area contributed by atoms with E-state index < -0.39 is 25.6 Å². The van der Waals surface area contributed by atoms with E-state index in [0.29, 0.717) is 71.0 Å². The second-order valence-electron chi connectivity index (χ2n) is 14.6. The predicted molar refractivity (Wildman–Crippen MR) is 245 cm³/mol. The number of aliphatic hydroxyl groups excluding tert-OH is 1. The largest absolute Gasteiger partial charge is 3.00 e. The quantitative estimate of drug-likeness (QED) is 0.0274. The molecule has 0 saturated heterocycles. The Labute approximate surface area is 460 Å². The molecule has 6 rings (SSSR count). The van der Waals surface area contributed by atoms with E-state index in [1.165, 1.54) is 0 Å². The molecule has 0 aliphatic rings. The van der Waals surface area contributed by atoms with Crippen molar-refractivity contribution in [2.75, 3.05) is 33.3 Å². The summed E-state index contributed by atoms with van der Waals surface area (Å²) in [6, 6.07) is 22.1. The van der Waals surface area contributed by atoms with Crippen molar-refractivity contribution in [1.82, 2.24) is 41.2 Å². The van der Waals surface area contributed by atoms with Crippen molar-refractivity contribution >= 4 is 67.2 Å². The van der Waals surface area contributed by atoms with Gasteiger partial charge in [-0.1, -0.05) is 102 Å². The number of hydrogen-bond acceptors (Lipinski definition) is 20. The fourth-order valence-electron chi connectivity index (χ4n) is 5.92. The van der Waals surface area contributed by atoms with Gasteiger partial charge >= 0.3 is 38.6 Å². The van der Waals surface area contributed by atoms with Gasteiger partial charge in [-0.3, -0.25) is 19.2 Å². The Morgan fingerprint density at radius 1 is 0.432 bits per heavy atom. The number of aliphatic hydroxyl groups is 1. The Bertz CT molecular complexity index is 2330. The summed E-state index contributed by atoms with van der Waals surface area (Å²) in [5.41, 5.74) is 3.94. The molecule has 29 heteroatoms. The molecule has 0 unspecified atom stereocenters. The van der Waals surface area contributed by atoms with Crippen molar-refractivity contribution in [3.8, 4) is 0 Å². The molecule has 408 valence electrons. The maximum atomic E-state index is 12.4. The number of rotatable bonds is 16. The fourth-order valence-corrected chi connectivity index (χ4v) is 5.92. The van der Waals surface area contributed by atoms with Gasteiger partial charge in [0.05, 0.1) is 27.2 Å². The summed E-state index contributed by atoms with van der Waals surface area (Å²) in [7, 11) is -8.89. The molecule has 0 atom stereocenters. The van der Waals surface area contributed by atoms with Crippen LogP contribution in [0.1, 0.15) is 121 Å². The second kappa shape index (κ2) is 37.4. The van der Waals surface area contributed by atoms with Gasteiger partial charge in [-0.2, -0.15) is 0 Å². The number of nitrogens with one attached hydrogen (secondary N) is 4. The van der Waals surface area contributed by atoms with E-state index in [-0.39, 0.29) is 67.7 Å². The second-order valence-corrected chi connectivity index (χ2v) is 16.1. The van der Waals surface area contributed by atoms with E-state index in [2.05, 4.69) is 68.9 Å². The van der Waals surface area contributed by atoms with Gasteiger partial charge in [-0.25, -0.2) is 57.2 Å². The molecule has 0 aliphatic carbocycles. The van der Waals surface area contributed by atoms with Gasteiger partial charge in [-0.05, 0) is 49.9 Å². The molecule has 0 radical (unpaired) electrons. The zero-order valence-corrected chi connectivity index (χ0v) is 44.5. The summed E-state index contributed by atoms with van der Waals surface area (Å²) in [4.78, 5) is 75.9. The number of hydrogen-bond donors (Lipinski definition) is 5. The molecule has 2 aromatic carbocycles. The molecule has 0 aliphatic heterocycles. The topological polar surface area (TPSA) is 470 Å². The van der Waals surface area contributed by atoms with Crippen LogP contribution in [-0.2, 0) is 0 Å². The van der Waals surface area contributed by atoms with E-state index in [0.717, 1.165) is 80.0 Å². The molecule has 0 bridgehead atoms. The van der Waals surface area contributed by atoms with Gasteiger partial charge in [0.25, 0.3) is 23.6 Å². The molecule has 6 aromatic rings. The number of nitrogens with zero attached hydrogens (tertiary/aromatic N) is 5. The number of unbranched alkanes of at least 4 members (excludes halogenated alkanes) is 4. The van der Waals surface area contributed by atoms with Crippen LogP contribution >= 0.6 is 0 Å². The molecule has 0 saturated carbocycles. The van der Waals surface area contributed by atoms with Crippen LogP contribution in [0.25, 0.3) is 43.6 Å². The number of aromatic nitrogens is 4. The predicted octanol–water partition coefficient (Wildman–Crippen LogP) is -3.28. The molecular weight excluding hydrogens is 1170 g/mol. The number of fused-ring (bicyclic) bond motifs is 6. The Balaban J connectivity index is 0. The number of carbonyl (C=O) groups excluding carboxylic acids is 4. The van der Waals surface area contributed by atoms with E-state index in [4.69, 9.17) is 57.7 Å². The smallest absolute Gasteiger partial charge is 0.412 e. The fraction of sp³-hybridized carbons (Fsp3) is 0.378. The molecule has 0 fully saturated rings. The van der Waals surface area contributed by atoms with Crippen molar-refractivity contribution in [3.63, 3.8) is 0 Å². The first-order valence-corrected chi connectivity index (χ1v) is 24.5. The number of amides is 4. The summed E-state index contributed by atoms with van der Waals surface area (Å²) in [5.74, 6) is -0.775. The third-order valence-electron chi connectivity index (χ3n) is 9.23. The van der Waals surface area contributed by atoms with Gasteiger partial charge < -0.3 is 47.2 Å². The van der Waals surface area contributed by atoms with Crippen LogP contribution in [0.5, 0.6) is 0 Å². The van der Waals surface area contributed by atoms with Crippen molar-refractivity contribution in [2.45, 2.75) is 79.1 Å². The standard InChI is InChI=1S/2C22H26N4O2.CH4O.2ClHO4.NO3.H2O.Tb/c2*1-3-5-13-23-21(27)17-11-9-15-7-8-16-10-12-18(22(28)24-14-6-4-2)26-20(16)19(15)25-17;1-2;2*2-1(3,4)5;2-1(3)4;;/h2*7-12H,3-6,13-14H2,1-2H3,(H,23,27)(H,24,28);2H,1H3;2*(H,2,3,4,5);;1H2;/q;;;;;-1;;+3/p-2. The molecular formula is C45H58Cl2N9O17Tb. The number of carbonyl (C=O) groups is 4. The van der Waals surface area contributed by atoms with Gasteiger partial charge in [0.2, 0.25) is 0 Å². The summed E-state index contributed by atoms with van der Waals surface area (Å²) in [6.07, 6.45) is 7.79. The first-order valence-electron chi connectivity index (χ1n) is 22.0. The van der Waals surface area contributed by atoms with E-state index in [9.17, 15) is 19.2 Å². The Morgan fingerprint density at radius 2 is 0.581 bits per heavy atom. The SMILES string of the molecule is CCCCNC(=O)c1ccc2ccc3ccc(C(=O)NCCCC)nc3c2n1.CCCCNC(=O)c1ccc2ccc3ccc(C(=O)NCCCC)nc3c2n1.CO.O.O=[N+]([O-])[O-].[O-][Cl+3]([O-])([O-])[O-].[O-][Cl+3]([O-])([O-])[O-].[Tb+3]. The van der Waals surface area contributed by atoms with Crippen LogP contribution in [0, 0.1) is 74.4 Å². The maximum Gasteiger partial charge on any atom is 3.00 e. The first-order chi connectivity index (χ1) is 34.0. The third-order valence-corrected chi connectivity index (χ3v) is 9.23. The van der Waals surface area contributed by atoms with Crippen LogP contribution in [0.3, 0.4) is 0 Å². The zero-order chi connectivity index (χ0) is 54.4. The van der Waals surface area contributed by atoms with Crippen LogP contribution in [0.15, 0.2) is 72.8 Å². The average molecular weight is 1230 g/mol. The van der Waals surface area contributed by atoms with Crippen molar-refractivity contribution in [2.24, 2.45) is 0 Å². The maximum absolute atomic E-state index is 12.4. The molecule has 4 amide bonds. The molecule has 7 N–H and O–H groups in total. The van der Waals surface area contributed by atoms with Crippen LogP contribution < -0.4 is 58.5 Å². The Hall–Kier alpha value is -5.37. The minimum Gasteiger partial charge on any atom is -0.412 e. The van der Waals surface area contributed by atoms with Crippen LogP contribution in [0.4, 0.5) is 0 Å². The Kier molecular flexibility index (Phi) is 35.7. The minimum absolute atomic E-state index is 0. The Morgan fingerprint density at radius 3 is 0.730 bits per heavy atom. The molecule has 4 aromatic heterocycles. The van der Waals surface area contributed by atoms with E-state index in [1.807, 2.05) is 48.5 Å². The monoisotopic (exact) mass is 1230 g/mol. The number of halogens is 2. The van der Waals surface area contributed by atoms with Gasteiger partial charge in [0.1, 0.15) is 22.8 Å². The van der Waals surface area contributed by atoms with Gasteiger partial charge in [0, 0.05) is 54.8 Å². The van der Waals surface area contributed by atoms with Crippen molar-refractivity contribution in [3.05, 3.63) is 111 Å². The molecule has 26 nitrogen and oxygen atoms in total. The molecule has 4 heterocycles. The van der Waals surface area contributed by atoms with Crippen LogP contribution in [0.2, 0.25) is 0 Å².